The second kappa shape index (κ2) is 5.24. The summed E-state index contributed by atoms with van der Waals surface area (Å²) in [7, 11) is 1.76. The van der Waals surface area contributed by atoms with E-state index in [0.29, 0.717) is 23.0 Å². The number of aromatic nitrogens is 2. The van der Waals surface area contributed by atoms with Crippen LogP contribution < -0.4 is 10.6 Å². The molecule has 1 aromatic carbocycles. The number of amides is 1. The standard InChI is InChI=1S/C15H14N4O2/c1-9-7-14(21-19-9)18-15(20)11-8-13(16-2)17-12-6-4-3-5-10(11)12/h3-8H,1-2H3,(H,16,17)(H,18,20). The second-order valence-electron chi connectivity index (χ2n) is 4.61. The molecule has 2 aromatic heterocycles. The van der Waals surface area contributed by atoms with Gasteiger partial charge in [0.05, 0.1) is 16.8 Å². The fourth-order valence-electron chi connectivity index (χ4n) is 2.09. The maximum atomic E-state index is 12.5. The lowest BCUT2D eigenvalue weighted by atomic mass is 10.1. The number of para-hydroxylation sites is 1. The number of aryl methyl sites for hydroxylation is 1. The molecular weight excluding hydrogens is 268 g/mol. The van der Waals surface area contributed by atoms with Gasteiger partial charge < -0.3 is 9.84 Å². The van der Waals surface area contributed by atoms with Gasteiger partial charge in [0, 0.05) is 18.5 Å². The Balaban J connectivity index is 2.03. The van der Waals surface area contributed by atoms with Crippen molar-refractivity contribution in [2.75, 3.05) is 17.7 Å². The van der Waals surface area contributed by atoms with Crippen molar-refractivity contribution < 1.29 is 9.32 Å². The summed E-state index contributed by atoms with van der Waals surface area (Å²) in [5.74, 6) is 0.693. The molecule has 0 radical (unpaired) electrons. The number of hydrogen-bond donors (Lipinski definition) is 2. The molecule has 6 nitrogen and oxygen atoms in total. The highest BCUT2D eigenvalue weighted by atomic mass is 16.5. The van der Waals surface area contributed by atoms with Gasteiger partial charge in [0.25, 0.3) is 5.91 Å². The summed E-state index contributed by atoms with van der Waals surface area (Å²) in [6.45, 7) is 1.79. The summed E-state index contributed by atoms with van der Waals surface area (Å²) in [5.41, 5.74) is 1.99. The summed E-state index contributed by atoms with van der Waals surface area (Å²) >= 11 is 0. The lowest BCUT2D eigenvalue weighted by Crippen LogP contribution is -2.13. The summed E-state index contributed by atoms with van der Waals surface area (Å²) in [4.78, 5) is 16.9. The molecule has 3 rings (SSSR count). The van der Waals surface area contributed by atoms with Crippen LogP contribution in [0.25, 0.3) is 10.9 Å². The Morgan fingerprint density at radius 2 is 2.05 bits per heavy atom. The molecule has 0 aliphatic carbocycles. The van der Waals surface area contributed by atoms with E-state index in [1.54, 1.807) is 26.1 Å². The maximum Gasteiger partial charge on any atom is 0.258 e. The molecule has 0 fully saturated rings. The number of carbonyl (C=O) groups excluding carboxylic acids is 1. The van der Waals surface area contributed by atoms with E-state index < -0.39 is 0 Å². The van der Waals surface area contributed by atoms with Gasteiger partial charge in [-0.25, -0.2) is 4.98 Å². The molecule has 21 heavy (non-hydrogen) atoms. The van der Waals surface area contributed by atoms with Gasteiger partial charge in [0.2, 0.25) is 5.88 Å². The van der Waals surface area contributed by atoms with Crippen LogP contribution >= 0.6 is 0 Å². The van der Waals surface area contributed by atoms with Crippen LogP contribution in [0, 0.1) is 6.92 Å². The van der Waals surface area contributed by atoms with Crippen LogP contribution in [0.5, 0.6) is 0 Å². The Morgan fingerprint density at radius 3 is 2.76 bits per heavy atom. The third-order valence-corrected chi connectivity index (χ3v) is 3.08. The lowest BCUT2D eigenvalue weighted by Gasteiger charge is -2.08. The van der Waals surface area contributed by atoms with Crippen molar-refractivity contribution in [3.05, 3.63) is 47.7 Å². The number of nitrogens with one attached hydrogen (secondary N) is 2. The number of nitrogens with zero attached hydrogens (tertiary/aromatic N) is 2. The highest BCUT2D eigenvalue weighted by Crippen LogP contribution is 2.22. The van der Waals surface area contributed by atoms with Crippen molar-refractivity contribution in [3.63, 3.8) is 0 Å². The summed E-state index contributed by atoms with van der Waals surface area (Å²) in [5, 5.41) is 10.2. The molecule has 6 heteroatoms. The van der Waals surface area contributed by atoms with Crippen molar-refractivity contribution in [1.29, 1.82) is 0 Å². The molecular formula is C15H14N4O2. The van der Waals surface area contributed by atoms with E-state index in [2.05, 4.69) is 20.8 Å². The van der Waals surface area contributed by atoms with Crippen molar-refractivity contribution in [1.82, 2.24) is 10.1 Å². The topological polar surface area (TPSA) is 80.0 Å². The molecule has 0 aliphatic rings. The number of benzene rings is 1. The van der Waals surface area contributed by atoms with E-state index in [1.807, 2.05) is 24.3 Å². The Bertz CT molecular complexity index is 810. The van der Waals surface area contributed by atoms with E-state index in [-0.39, 0.29) is 5.91 Å². The Hall–Kier alpha value is -2.89. The molecule has 0 bridgehead atoms. The van der Waals surface area contributed by atoms with Gasteiger partial charge in [-0.3, -0.25) is 10.1 Å². The average molecular weight is 282 g/mol. The molecule has 0 saturated carbocycles. The number of pyridine rings is 1. The van der Waals surface area contributed by atoms with E-state index >= 15 is 0 Å². The second-order valence-corrected chi connectivity index (χ2v) is 4.61. The third kappa shape index (κ3) is 2.55. The van der Waals surface area contributed by atoms with Gasteiger partial charge in [0.1, 0.15) is 5.82 Å². The lowest BCUT2D eigenvalue weighted by molar-refractivity contribution is 0.102. The minimum Gasteiger partial charge on any atom is -0.373 e. The first kappa shape index (κ1) is 13.1. The number of hydrogen-bond acceptors (Lipinski definition) is 5. The number of anilines is 2. The van der Waals surface area contributed by atoms with Gasteiger partial charge >= 0.3 is 0 Å². The summed E-state index contributed by atoms with van der Waals surface area (Å²) in [6.07, 6.45) is 0. The maximum absolute atomic E-state index is 12.5. The molecule has 0 saturated heterocycles. The van der Waals surface area contributed by atoms with Gasteiger partial charge in [0.15, 0.2) is 0 Å². The van der Waals surface area contributed by atoms with E-state index in [4.69, 9.17) is 4.52 Å². The first-order chi connectivity index (χ1) is 10.2. The van der Waals surface area contributed by atoms with E-state index in [0.717, 1.165) is 10.9 Å². The predicted octanol–water partition coefficient (Wildman–Crippen LogP) is 2.83. The monoisotopic (exact) mass is 282 g/mol. The van der Waals surface area contributed by atoms with Crippen LogP contribution in [0.2, 0.25) is 0 Å². The van der Waals surface area contributed by atoms with Crippen LogP contribution in [-0.4, -0.2) is 23.1 Å². The zero-order chi connectivity index (χ0) is 14.8. The van der Waals surface area contributed by atoms with Crippen molar-refractivity contribution in [3.8, 4) is 0 Å². The molecule has 0 aliphatic heterocycles. The van der Waals surface area contributed by atoms with Crippen LogP contribution in [0.15, 0.2) is 40.9 Å². The van der Waals surface area contributed by atoms with Crippen molar-refractivity contribution >= 4 is 28.5 Å². The van der Waals surface area contributed by atoms with Crippen LogP contribution in [-0.2, 0) is 0 Å². The smallest absolute Gasteiger partial charge is 0.258 e. The minimum atomic E-state index is -0.263. The molecule has 106 valence electrons. The van der Waals surface area contributed by atoms with Crippen LogP contribution in [0.4, 0.5) is 11.7 Å². The van der Waals surface area contributed by atoms with Crippen molar-refractivity contribution in [2.45, 2.75) is 6.92 Å². The van der Waals surface area contributed by atoms with E-state index in [1.165, 1.54) is 0 Å². The summed E-state index contributed by atoms with van der Waals surface area (Å²) in [6, 6.07) is 10.9. The van der Waals surface area contributed by atoms with Gasteiger partial charge in [-0.1, -0.05) is 23.4 Å². The Morgan fingerprint density at radius 1 is 1.24 bits per heavy atom. The molecule has 1 amide bonds. The Kier molecular flexibility index (Phi) is 3.27. The quantitative estimate of drug-likeness (QED) is 0.772. The van der Waals surface area contributed by atoms with Crippen molar-refractivity contribution in [2.24, 2.45) is 0 Å². The predicted molar refractivity (Wildman–Crippen MR) is 80.5 cm³/mol. The Labute approximate surface area is 121 Å². The fourth-order valence-corrected chi connectivity index (χ4v) is 2.09. The first-order valence-electron chi connectivity index (χ1n) is 6.49. The highest BCUT2D eigenvalue weighted by Gasteiger charge is 2.14. The largest absolute Gasteiger partial charge is 0.373 e. The number of carbonyl (C=O) groups is 1. The summed E-state index contributed by atoms with van der Waals surface area (Å²) < 4.78 is 5.01. The first-order valence-corrected chi connectivity index (χ1v) is 6.49. The molecule has 0 atom stereocenters. The van der Waals surface area contributed by atoms with Crippen LogP contribution in [0.3, 0.4) is 0 Å². The average Bonchev–Trinajstić information content (AvgIpc) is 2.91. The zero-order valence-electron chi connectivity index (χ0n) is 11.7. The fraction of sp³-hybridized carbons (Fsp3) is 0.133. The minimum absolute atomic E-state index is 0.263. The molecule has 2 N–H and O–H groups in total. The zero-order valence-corrected chi connectivity index (χ0v) is 11.7. The molecule has 2 heterocycles. The van der Waals surface area contributed by atoms with Gasteiger partial charge in [-0.2, -0.15) is 0 Å². The molecule has 0 spiro atoms. The highest BCUT2D eigenvalue weighted by molar-refractivity contribution is 6.12. The number of rotatable bonds is 3. The third-order valence-electron chi connectivity index (χ3n) is 3.08. The molecule has 0 unspecified atom stereocenters. The normalized spacial score (nSPS) is 10.6. The van der Waals surface area contributed by atoms with E-state index in [9.17, 15) is 4.79 Å². The molecule has 3 aromatic rings. The van der Waals surface area contributed by atoms with Gasteiger partial charge in [-0.05, 0) is 19.1 Å². The SMILES string of the molecule is CNc1cc(C(=O)Nc2cc(C)no2)c2ccccc2n1. The van der Waals surface area contributed by atoms with Crippen LogP contribution in [0.1, 0.15) is 16.1 Å². The number of fused-ring (bicyclic) bond motifs is 1. The van der Waals surface area contributed by atoms with Gasteiger partial charge in [-0.15, -0.1) is 0 Å².